The standard InChI is InChI=1S/C12H11ClO2S/c13-9-3-1-2-8(6-9)12(15)10-7-16-5-4-11(10)14/h1-6,10,12,15H,7H2/t10-,12-/m0/s1. The van der Waals surface area contributed by atoms with Gasteiger partial charge in [0.05, 0.1) is 12.0 Å². The molecule has 1 N–H and O–H groups in total. The molecule has 1 aromatic carbocycles. The highest BCUT2D eigenvalue weighted by molar-refractivity contribution is 8.02. The first kappa shape index (κ1) is 11.7. The molecule has 4 heteroatoms. The Morgan fingerprint density at radius 3 is 3.00 bits per heavy atom. The van der Waals surface area contributed by atoms with Gasteiger partial charge in [-0.3, -0.25) is 4.79 Å². The van der Waals surface area contributed by atoms with Gasteiger partial charge in [0.15, 0.2) is 5.78 Å². The lowest BCUT2D eigenvalue weighted by atomic mass is 9.93. The summed E-state index contributed by atoms with van der Waals surface area (Å²) in [6, 6.07) is 7.00. The Labute approximate surface area is 103 Å². The largest absolute Gasteiger partial charge is 0.388 e. The number of ketones is 1. The molecule has 16 heavy (non-hydrogen) atoms. The first-order valence-corrected chi connectivity index (χ1v) is 6.36. The van der Waals surface area contributed by atoms with Crippen LogP contribution in [-0.2, 0) is 4.79 Å². The lowest BCUT2D eigenvalue weighted by molar-refractivity contribution is -0.120. The van der Waals surface area contributed by atoms with Crippen LogP contribution in [0.1, 0.15) is 11.7 Å². The fraction of sp³-hybridized carbons (Fsp3) is 0.250. The molecule has 2 atom stereocenters. The van der Waals surface area contributed by atoms with E-state index in [1.54, 1.807) is 29.7 Å². The molecule has 0 aromatic heterocycles. The topological polar surface area (TPSA) is 37.3 Å². The highest BCUT2D eigenvalue weighted by Gasteiger charge is 2.28. The van der Waals surface area contributed by atoms with Gasteiger partial charge in [-0.05, 0) is 29.2 Å². The Morgan fingerprint density at radius 1 is 1.50 bits per heavy atom. The molecule has 0 radical (unpaired) electrons. The number of allylic oxidation sites excluding steroid dienone is 1. The minimum atomic E-state index is -0.774. The van der Waals surface area contributed by atoms with Gasteiger partial charge in [0.2, 0.25) is 0 Å². The van der Waals surface area contributed by atoms with Crippen LogP contribution in [0, 0.1) is 5.92 Å². The van der Waals surface area contributed by atoms with Crippen molar-refractivity contribution in [2.75, 3.05) is 5.75 Å². The normalized spacial score (nSPS) is 22.1. The highest BCUT2D eigenvalue weighted by atomic mass is 35.5. The maximum absolute atomic E-state index is 11.6. The molecule has 84 valence electrons. The van der Waals surface area contributed by atoms with Crippen LogP contribution >= 0.6 is 23.4 Å². The molecule has 0 amide bonds. The molecule has 0 unspecified atom stereocenters. The monoisotopic (exact) mass is 254 g/mol. The van der Waals surface area contributed by atoms with Gasteiger partial charge in [0.25, 0.3) is 0 Å². The molecule has 0 spiro atoms. The van der Waals surface area contributed by atoms with Gasteiger partial charge in [-0.1, -0.05) is 23.7 Å². The predicted octanol–water partition coefficient (Wildman–Crippen LogP) is 2.82. The molecule has 0 aliphatic carbocycles. The fourth-order valence-corrected chi connectivity index (χ4v) is 2.74. The molecule has 0 saturated heterocycles. The Morgan fingerprint density at radius 2 is 2.31 bits per heavy atom. The van der Waals surface area contributed by atoms with Crippen molar-refractivity contribution in [1.82, 2.24) is 0 Å². The van der Waals surface area contributed by atoms with Crippen molar-refractivity contribution in [3.8, 4) is 0 Å². The van der Waals surface area contributed by atoms with Gasteiger partial charge in [-0.15, -0.1) is 11.8 Å². The maximum Gasteiger partial charge on any atom is 0.163 e. The van der Waals surface area contributed by atoms with Crippen LogP contribution in [0.5, 0.6) is 0 Å². The van der Waals surface area contributed by atoms with Crippen molar-refractivity contribution in [3.05, 3.63) is 46.3 Å². The molecule has 1 aromatic rings. The number of carbonyl (C=O) groups is 1. The quantitative estimate of drug-likeness (QED) is 0.882. The highest BCUT2D eigenvalue weighted by Crippen LogP contribution is 2.30. The Kier molecular flexibility index (Phi) is 3.69. The lowest BCUT2D eigenvalue weighted by Gasteiger charge is -2.22. The molecule has 2 rings (SSSR count). The molecule has 0 fully saturated rings. The predicted molar refractivity (Wildman–Crippen MR) is 66.5 cm³/mol. The first-order valence-electron chi connectivity index (χ1n) is 4.94. The van der Waals surface area contributed by atoms with Crippen molar-refractivity contribution >= 4 is 29.1 Å². The summed E-state index contributed by atoms with van der Waals surface area (Å²) < 4.78 is 0. The summed E-state index contributed by atoms with van der Waals surface area (Å²) >= 11 is 7.39. The minimum Gasteiger partial charge on any atom is -0.388 e. The van der Waals surface area contributed by atoms with E-state index in [1.165, 1.54) is 17.8 Å². The average Bonchev–Trinajstić information content (AvgIpc) is 2.29. The number of thioether (sulfide) groups is 1. The third-order valence-electron chi connectivity index (χ3n) is 2.54. The summed E-state index contributed by atoms with van der Waals surface area (Å²) in [5.41, 5.74) is 0.696. The SMILES string of the molecule is O=C1C=CSC[C@@H]1[C@@H](O)c1cccc(Cl)c1. The molecule has 0 bridgehead atoms. The van der Waals surface area contributed by atoms with Gasteiger partial charge < -0.3 is 5.11 Å². The van der Waals surface area contributed by atoms with Crippen LogP contribution < -0.4 is 0 Å². The third kappa shape index (κ3) is 2.48. The second kappa shape index (κ2) is 5.04. The van der Waals surface area contributed by atoms with Gasteiger partial charge in [0.1, 0.15) is 0 Å². The number of hydrogen-bond donors (Lipinski definition) is 1. The zero-order valence-electron chi connectivity index (χ0n) is 8.47. The van der Waals surface area contributed by atoms with Crippen LogP contribution in [0.25, 0.3) is 0 Å². The second-order valence-corrected chi connectivity index (χ2v) is 5.02. The summed E-state index contributed by atoms with van der Waals surface area (Å²) in [5.74, 6) is 0.225. The summed E-state index contributed by atoms with van der Waals surface area (Å²) in [6.07, 6.45) is 0.746. The van der Waals surface area contributed by atoms with E-state index in [0.717, 1.165) is 0 Å². The second-order valence-electron chi connectivity index (χ2n) is 3.64. The summed E-state index contributed by atoms with van der Waals surface area (Å²) in [7, 11) is 0. The Hall–Kier alpha value is -0.770. The summed E-state index contributed by atoms with van der Waals surface area (Å²) in [6.45, 7) is 0. The van der Waals surface area contributed by atoms with Crippen molar-refractivity contribution in [2.24, 2.45) is 5.92 Å². The Bertz CT molecular complexity index is 431. The number of hydrogen-bond acceptors (Lipinski definition) is 3. The molecular formula is C12H11ClO2S. The lowest BCUT2D eigenvalue weighted by Crippen LogP contribution is -2.24. The number of aliphatic hydroxyl groups is 1. The molecule has 2 nitrogen and oxygen atoms in total. The van der Waals surface area contributed by atoms with E-state index in [-0.39, 0.29) is 11.7 Å². The van der Waals surface area contributed by atoms with Crippen LogP contribution in [0.2, 0.25) is 5.02 Å². The summed E-state index contributed by atoms with van der Waals surface area (Å²) in [4.78, 5) is 11.6. The zero-order chi connectivity index (χ0) is 11.5. The number of benzene rings is 1. The zero-order valence-corrected chi connectivity index (χ0v) is 10.0. The van der Waals surface area contributed by atoms with Crippen LogP contribution in [0.4, 0.5) is 0 Å². The molecule has 1 aliphatic rings. The fourth-order valence-electron chi connectivity index (χ4n) is 1.65. The molecule has 1 aliphatic heterocycles. The molecule has 0 saturated carbocycles. The van der Waals surface area contributed by atoms with Crippen LogP contribution in [0.3, 0.4) is 0 Å². The minimum absolute atomic E-state index is 0.0220. The average molecular weight is 255 g/mol. The first-order chi connectivity index (χ1) is 7.68. The maximum atomic E-state index is 11.6. The number of halogens is 1. The van der Waals surface area contributed by atoms with E-state index in [9.17, 15) is 9.90 Å². The number of rotatable bonds is 2. The third-order valence-corrected chi connectivity index (χ3v) is 3.66. The van der Waals surface area contributed by atoms with E-state index in [4.69, 9.17) is 11.6 Å². The van der Waals surface area contributed by atoms with Crippen molar-refractivity contribution < 1.29 is 9.90 Å². The smallest absolute Gasteiger partial charge is 0.163 e. The van der Waals surface area contributed by atoms with Gasteiger partial charge >= 0.3 is 0 Å². The van der Waals surface area contributed by atoms with Crippen molar-refractivity contribution in [3.63, 3.8) is 0 Å². The van der Waals surface area contributed by atoms with E-state index in [0.29, 0.717) is 16.3 Å². The van der Waals surface area contributed by atoms with Gasteiger partial charge in [0, 0.05) is 10.8 Å². The van der Waals surface area contributed by atoms with E-state index >= 15 is 0 Å². The summed E-state index contributed by atoms with van der Waals surface area (Å²) in [5, 5.41) is 12.5. The van der Waals surface area contributed by atoms with Crippen molar-refractivity contribution in [1.29, 1.82) is 0 Å². The van der Waals surface area contributed by atoms with Gasteiger partial charge in [-0.25, -0.2) is 0 Å². The van der Waals surface area contributed by atoms with Crippen molar-refractivity contribution in [2.45, 2.75) is 6.10 Å². The van der Waals surface area contributed by atoms with Gasteiger partial charge in [-0.2, -0.15) is 0 Å². The molecular weight excluding hydrogens is 244 g/mol. The van der Waals surface area contributed by atoms with Crippen LogP contribution in [0.15, 0.2) is 35.7 Å². The van der Waals surface area contributed by atoms with E-state index in [1.807, 2.05) is 0 Å². The number of carbonyl (C=O) groups excluding carboxylic acids is 1. The Balaban J connectivity index is 2.21. The molecule has 1 heterocycles. The van der Waals surface area contributed by atoms with E-state index < -0.39 is 6.10 Å². The number of aliphatic hydroxyl groups excluding tert-OH is 1. The van der Waals surface area contributed by atoms with Crippen LogP contribution in [-0.4, -0.2) is 16.6 Å². The van der Waals surface area contributed by atoms with E-state index in [2.05, 4.69) is 0 Å².